The first kappa shape index (κ1) is 20.7. The van der Waals surface area contributed by atoms with Crippen LogP contribution in [0.2, 0.25) is 0 Å². The van der Waals surface area contributed by atoms with E-state index >= 15 is 0 Å². The average molecular weight is 334 g/mol. The van der Waals surface area contributed by atoms with Crippen LogP contribution in [0.1, 0.15) is 39.7 Å². The molecule has 0 saturated carbocycles. The first-order valence-electron chi connectivity index (χ1n) is 6.87. The highest BCUT2D eigenvalue weighted by Crippen LogP contribution is 2.35. The molecule has 4 nitrogen and oxygen atoms in total. The Hall–Kier alpha value is -1.33. The third-order valence-electron chi connectivity index (χ3n) is 3.22. The Kier molecular flexibility index (Phi) is 7.32. The Morgan fingerprint density at radius 2 is 1.86 bits per heavy atom. The molecule has 0 aliphatic carbocycles. The molecule has 0 amide bonds. The molecule has 0 aromatic heterocycles. The Bertz CT molecular complexity index is 517. The van der Waals surface area contributed by atoms with Gasteiger partial charge in [0.25, 0.3) is 0 Å². The predicted octanol–water partition coefficient (Wildman–Crippen LogP) is 3.20. The molecule has 0 fully saturated rings. The van der Waals surface area contributed by atoms with Crippen LogP contribution in [0, 0.1) is 5.82 Å². The van der Waals surface area contributed by atoms with Crippen molar-refractivity contribution in [3.05, 3.63) is 29.6 Å². The summed E-state index contributed by atoms with van der Waals surface area (Å²) in [6.45, 7) is 7.37. The van der Waals surface area contributed by atoms with Crippen LogP contribution in [0.5, 0.6) is 5.75 Å². The lowest BCUT2D eigenvalue weighted by Gasteiger charge is -2.30. The van der Waals surface area contributed by atoms with Gasteiger partial charge in [0.15, 0.2) is 0 Å². The van der Waals surface area contributed by atoms with Crippen LogP contribution in [0.25, 0.3) is 0 Å². The molecule has 1 rings (SSSR count). The zero-order valence-electron chi connectivity index (χ0n) is 13.7. The molecule has 1 atom stereocenters. The van der Waals surface area contributed by atoms with Crippen molar-refractivity contribution < 1.29 is 18.7 Å². The molecule has 2 N–H and O–H groups in total. The Morgan fingerprint density at radius 1 is 1.27 bits per heavy atom. The van der Waals surface area contributed by atoms with Crippen LogP contribution < -0.4 is 10.5 Å². The molecule has 0 spiro atoms. The largest absolute Gasteiger partial charge is 0.496 e. The summed E-state index contributed by atoms with van der Waals surface area (Å²) in [6.07, 6.45) is 0.0561. The summed E-state index contributed by atoms with van der Waals surface area (Å²) in [6, 6.07) is 4.20. The van der Waals surface area contributed by atoms with E-state index in [1.807, 2.05) is 0 Å². The number of carbonyl (C=O) groups excluding carboxylic acids is 1. The summed E-state index contributed by atoms with van der Waals surface area (Å²) in [5, 5.41) is 0. The van der Waals surface area contributed by atoms with Gasteiger partial charge in [0, 0.05) is 17.5 Å². The summed E-state index contributed by atoms with van der Waals surface area (Å²) in [7, 11) is 1.50. The fourth-order valence-electron chi connectivity index (χ4n) is 2.13. The van der Waals surface area contributed by atoms with Gasteiger partial charge in [-0.05, 0) is 39.0 Å². The fraction of sp³-hybridized carbons (Fsp3) is 0.562. The molecule has 0 heterocycles. The number of ether oxygens (including phenoxy) is 2. The minimum Gasteiger partial charge on any atom is -0.496 e. The van der Waals surface area contributed by atoms with E-state index in [4.69, 9.17) is 15.2 Å². The standard InChI is InChI=1S/C16H24FNO3.ClH/c1-15(2,3)21-14(19)9-16(4,10-18)12-8-11(17)6-7-13(12)20-5;/h6-8H,9-10,18H2,1-5H3;1H. The quantitative estimate of drug-likeness (QED) is 0.840. The van der Waals surface area contributed by atoms with Crippen molar-refractivity contribution in [1.82, 2.24) is 0 Å². The molecule has 1 aromatic carbocycles. The number of hydrogen-bond acceptors (Lipinski definition) is 4. The lowest BCUT2D eigenvalue weighted by Crippen LogP contribution is -2.37. The van der Waals surface area contributed by atoms with Gasteiger partial charge in [0.2, 0.25) is 0 Å². The summed E-state index contributed by atoms with van der Waals surface area (Å²) in [5.74, 6) is -0.260. The normalized spacial score (nSPS) is 13.8. The number of esters is 1. The minimum atomic E-state index is -0.754. The summed E-state index contributed by atoms with van der Waals surface area (Å²) in [5.41, 5.74) is 5.08. The molecular weight excluding hydrogens is 309 g/mol. The molecular formula is C16H25ClFNO3. The number of benzene rings is 1. The van der Waals surface area contributed by atoms with Crippen molar-refractivity contribution >= 4 is 18.4 Å². The predicted molar refractivity (Wildman–Crippen MR) is 87.1 cm³/mol. The Morgan fingerprint density at radius 3 is 2.32 bits per heavy atom. The number of halogens is 2. The van der Waals surface area contributed by atoms with Gasteiger partial charge >= 0.3 is 5.97 Å². The van der Waals surface area contributed by atoms with Gasteiger partial charge in [-0.25, -0.2) is 4.39 Å². The Balaban J connectivity index is 0.00000441. The highest BCUT2D eigenvalue weighted by molar-refractivity contribution is 5.85. The molecule has 0 saturated heterocycles. The molecule has 0 radical (unpaired) electrons. The van der Waals surface area contributed by atoms with Crippen molar-refractivity contribution in [2.75, 3.05) is 13.7 Å². The third-order valence-corrected chi connectivity index (χ3v) is 3.22. The molecule has 126 valence electrons. The first-order valence-corrected chi connectivity index (χ1v) is 6.87. The SMILES string of the molecule is COc1ccc(F)cc1C(C)(CN)CC(=O)OC(C)(C)C.Cl. The van der Waals surface area contributed by atoms with E-state index in [1.54, 1.807) is 27.7 Å². The molecule has 22 heavy (non-hydrogen) atoms. The van der Waals surface area contributed by atoms with Crippen LogP contribution in [0.3, 0.4) is 0 Å². The van der Waals surface area contributed by atoms with Crippen molar-refractivity contribution in [2.24, 2.45) is 5.73 Å². The van der Waals surface area contributed by atoms with Gasteiger partial charge in [0.1, 0.15) is 17.2 Å². The number of nitrogens with two attached hydrogens (primary N) is 1. The molecule has 1 aromatic rings. The second-order valence-corrected chi connectivity index (χ2v) is 6.37. The van der Waals surface area contributed by atoms with Gasteiger partial charge in [-0.15, -0.1) is 12.4 Å². The van der Waals surface area contributed by atoms with Crippen LogP contribution in [-0.4, -0.2) is 25.2 Å². The van der Waals surface area contributed by atoms with Gasteiger partial charge < -0.3 is 15.2 Å². The highest BCUT2D eigenvalue weighted by atomic mass is 35.5. The lowest BCUT2D eigenvalue weighted by molar-refractivity contribution is -0.156. The summed E-state index contributed by atoms with van der Waals surface area (Å²) >= 11 is 0. The molecule has 1 unspecified atom stereocenters. The average Bonchev–Trinajstić information content (AvgIpc) is 2.36. The van der Waals surface area contributed by atoms with E-state index in [-0.39, 0.29) is 31.3 Å². The topological polar surface area (TPSA) is 61.5 Å². The number of rotatable bonds is 5. The van der Waals surface area contributed by atoms with Crippen LogP contribution in [0.15, 0.2) is 18.2 Å². The maximum Gasteiger partial charge on any atom is 0.307 e. The smallest absolute Gasteiger partial charge is 0.307 e. The third kappa shape index (κ3) is 5.46. The maximum absolute atomic E-state index is 13.5. The molecule has 0 aliphatic rings. The van der Waals surface area contributed by atoms with E-state index in [1.165, 1.54) is 25.3 Å². The minimum absolute atomic E-state index is 0. The van der Waals surface area contributed by atoms with Gasteiger partial charge in [-0.2, -0.15) is 0 Å². The maximum atomic E-state index is 13.5. The number of hydrogen-bond donors (Lipinski definition) is 1. The van der Waals surface area contributed by atoms with Gasteiger partial charge in [-0.1, -0.05) is 6.92 Å². The second-order valence-electron chi connectivity index (χ2n) is 6.37. The van der Waals surface area contributed by atoms with E-state index < -0.39 is 16.8 Å². The van der Waals surface area contributed by atoms with Crippen LogP contribution in [-0.2, 0) is 14.9 Å². The van der Waals surface area contributed by atoms with Crippen molar-refractivity contribution in [2.45, 2.75) is 45.1 Å². The molecule has 0 bridgehead atoms. The first-order chi connectivity index (χ1) is 9.61. The van der Waals surface area contributed by atoms with Gasteiger partial charge in [-0.3, -0.25) is 4.79 Å². The zero-order chi connectivity index (χ0) is 16.3. The lowest BCUT2D eigenvalue weighted by atomic mass is 9.79. The fourth-order valence-corrected chi connectivity index (χ4v) is 2.13. The van der Waals surface area contributed by atoms with E-state index in [2.05, 4.69) is 0 Å². The van der Waals surface area contributed by atoms with Crippen LogP contribution in [0.4, 0.5) is 4.39 Å². The van der Waals surface area contributed by atoms with Crippen LogP contribution >= 0.6 is 12.4 Å². The number of carbonyl (C=O) groups is 1. The van der Waals surface area contributed by atoms with Crippen molar-refractivity contribution in [1.29, 1.82) is 0 Å². The Labute approximate surface area is 137 Å². The van der Waals surface area contributed by atoms with E-state index in [9.17, 15) is 9.18 Å². The van der Waals surface area contributed by atoms with E-state index in [0.29, 0.717) is 11.3 Å². The van der Waals surface area contributed by atoms with Crippen molar-refractivity contribution in [3.63, 3.8) is 0 Å². The zero-order valence-corrected chi connectivity index (χ0v) is 14.6. The molecule has 6 heteroatoms. The molecule has 0 aliphatic heterocycles. The van der Waals surface area contributed by atoms with Gasteiger partial charge in [0.05, 0.1) is 13.5 Å². The summed E-state index contributed by atoms with van der Waals surface area (Å²) in [4.78, 5) is 12.1. The van der Waals surface area contributed by atoms with E-state index in [0.717, 1.165) is 0 Å². The second kappa shape index (κ2) is 7.79. The highest BCUT2D eigenvalue weighted by Gasteiger charge is 2.33. The van der Waals surface area contributed by atoms with Crippen molar-refractivity contribution in [3.8, 4) is 5.75 Å². The number of methoxy groups -OCH3 is 1. The monoisotopic (exact) mass is 333 g/mol. The summed E-state index contributed by atoms with van der Waals surface area (Å²) < 4.78 is 24.1.